The van der Waals surface area contributed by atoms with Crippen LogP contribution in [0.4, 0.5) is 0 Å². The number of aromatic nitrogens is 1. The Labute approximate surface area is 128 Å². The van der Waals surface area contributed by atoms with Gasteiger partial charge in [0, 0.05) is 17.9 Å². The summed E-state index contributed by atoms with van der Waals surface area (Å²) in [5.74, 6) is 0. The molecule has 0 aliphatic rings. The molecule has 0 radical (unpaired) electrons. The van der Waals surface area contributed by atoms with E-state index < -0.39 is 0 Å². The Morgan fingerprint density at radius 2 is 1.76 bits per heavy atom. The molecule has 0 aliphatic carbocycles. The van der Waals surface area contributed by atoms with Crippen molar-refractivity contribution in [2.24, 2.45) is 5.73 Å². The van der Waals surface area contributed by atoms with Crippen molar-refractivity contribution >= 4 is 0 Å². The SMILES string of the molecule is CC(C)(C)c1ccc(CC(N)CCc2ccccn2)cc1. The topological polar surface area (TPSA) is 38.9 Å². The summed E-state index contributed by atoms with van der Waals surface area (Å²) < 4.78 is 0. The number of pyridine rings is 1. The number of hydrogen-bond donors (Lipinski definition) is 1. The van der Waals surface area contributed by atoms with Gasteiger partial charge in [0.05, 0.1) is 0 Å². The van der Waals surface area contributed by atoms with Crippen molar-refractivity contribution in [3.8, 4) is 0 Å². The van der Waals surface area contributed by atoms with Crippen LogP contribution in [-0.4, -0.2) is 11.0 Å². The molecular formula is C19H26N2. The second-order valence-electron chi connectivity index (χ2n) is 6.77. The van der Waals surface area contributed by atoms with Gasteiger partial charge >= 0.3 is 0 Å². The number of aryl methyl sites for hydroxylation is 1. The minimum absolute atomic E-state index is 0.187. The van der Waals surface area contributed by atoms with Crippen molar-refractivity contribution in [1.82, 2.24) is 4.98 Å². The third kappa shape index (κ3) is 4.98. The summed E-state index contributed by atoms with van der Waals surface area (Å²) in [7, 11) is 0. The van der Waals surface area contributed by atoms with E-state index in [0.29, 0.717) is 0 Å². The predicted molar refractivity (Wildman–Crippen MR) is 89.4 cm³/mol. The highest BCUT2D eigenvalue weighted by Crippen LogP contribution is 2.22. The van der Waals surface area contributed by atoms with Crippen molar-refractivity contribution in [2.45, 2.75) is 51.5 Å². The van der Waals surface area contributed by atoms with E-state index in [1.807, 2.05) is 18.3 Å². The van der Waals surface area contributed by atoms with Crippen LogP contribution in [0, 0.1) is 0 Å². The number of nitrogens with two attached hydrogens (primary N) is 1. The van der Waals surface area contributed by atoms with E-state index >= 15 is 0 Å². The molecule has 0 bridgehead atoms. The number of nitrogens with zero attached hydrogens (tertiary/aromatic N) is 1. The maximum Gasteiger partial charge on any atom is 0.0404 e. The molecule has 2 heteroatoms. The van der Waals surface area contributed by atoms with Crippen LogP contribution in [0.3, 0.4) is 0 Å². The smallest absolute Gasteiger partial charge is 0.0404 e. The summed E-state index contributed by atoms with van der Waals surface area (Å²) in [5, 5.41) is 0. The van der Waals surface area contributed by atoms with E-state index in [9.17, 15) is 0 Å². The Hall–Kier alpha value is -1.67. The molecule has 112 valence electrons. The predicted octanol–water partition coefficient (Wildman–Crippen LogP) is 3.88. The molecule has 0 spiro atoms. The number of rotatable bonds is 5. The van der Waals surface area contributed by atoms with Crippen LogP contribution in [-0.2, 0) is 18.3 Å². The third-order valence-electron chi connectivity index (χ3n) is 3.82. The summed E-state index contributed by atoms with van der Waals surface area (Å²) in [5.41, 5.74) is 10.3. The van der Waals surface area contributed by atoms with Gasteiger partial charge in [0.25, 0.3) is 0 Å². The van der Waals surface area contributed by atoms with Crippen LogP contribution in [0.25, 0.3) is 0 Å². The first kappa shape index (κ1) is 15.7. The minimum Gasteiger partial charge on any atom is -0.327 e. The lowest BCUT2D eigenvalue weighted by Gasteiger charge is -2.19. The highest BCUT2D eigenvalue weighted by molar-refractivity contribution is 5.28. The molecule has 2 aromatic rings. The number of benzene rings is 1. The second kappa shape index (κ2) is 6.86. The highest BCUT2D eigenvalue weighted by Gasteiger charge is 2.13. The van der Waals surface area contributed by atoms with Gasteiger partial charge in [0.15, 0.2) is 0 Å². The fourth-order valence-corrected chi connectivity index (χ4v) is 2.42. The zero-order chi connectivity index (χ0) is 15.3. The molecule has 0 saturated heterocycles. The van der Waals surface area contributed by atoms with E-state index in [1.54, 1.807) is 0 Å². The van der Waals surface area contributed by atoms with Gasteiger partial charge in [-0.1, -0.05) is 51.1 Å². The first-order valence-electron chi connectivity index (χ1n) is 7.70. The lowest BCUT2D eigenvalue weighted by atomic mass is 9.86. The van der Waals surface area contributed by atoms with Crippen LogP contribution in [0.5, 0.6) is 0 Å². The van der Waals surface area contributed by atoms with Crippen molar-refractivity contribution in [3.63, 3.8) is 0 Å². The average molecular weight is 282 g/mol. The summed E-state index contributed by atoms with van der Waals surface area (Å²) in [6.07, 6.45) is 4.68. The average Bonchev–Trinajstić information content (AvgIpc) is 2.46. The molecule has 1 heterocycles. The standard InChI is InChI=1S/C19H26N2/c1-19(2,3)16-9-7-15(8-10-16)14-17(20)11-12-18-6-4-5-13-21-18/h4-10,13,17H,11-12,14,20H2,1-3H3. The lowest BCUT2D eigenvalue weighted by Crippen LogP contribution is -2.23. The largest absolute Gasteiger partial charge is 0.327 e. The molecule has 1 aromatic carbocycles. The van der Waals surface area contributed by atoms with Crippen LogP contribution in [0.2, 0.25) is 0 Å². The van der Waals surface area contributed by atoms with Gasteiger partial charge in [0.1, 0.15) is 0 Å². The molecule has 1 unspecified atom stereocenters. The maximum atomic E-state index is 6.25. The van der Waals surface area contributed by atoms with E-state index in [-0.39, 0.29) is 11.5 Å². The first-order chi connectivity index (χ1) is 9.95. The van der Waals surface area contributed by atoms with Crippen molar-refractivity contribution < 1.29 is 0 Å². The van der Waals surface area contributed by atoms with Crippen molar-refractivity contribution in [1.29, 1.82) is 0 Å². The van der Waals surface area contributed by atoms with E-state index in [0.717, 1.165) is 25.0 Å². The molecule has 21 heavy (non-hydrogen) atoms. The van der Waals surface area contributed by atoms with Gasteiger partial charge in [-0.25, -0.2) is 0 Å². The fraction of sp³-hybridized carbons (Fsp3) is 0.421. The Balaban J connectivity index is 1.86. The van der Waals surface area contributed by atoms with Crippen LogP contribution >= 0.6 is 0 Å². The first-order valence-corrected chi connectivity index (χ1v) is 7.70. The summed E-state index contributed by atoms with van der Waals surface area (Å²) in [6, 6.07) is 15.1. The molecule has 1 atom stereocenters. The lowest BCUT2D eigenvalue weighted by molar-refractivity contribution is 0.587. The number of hydrogen-bond acceptors (Lipinski definition) is 2. The summed E-state index contributed by atoms with van der Waals surface area (Å²) in [4.78, 5) is 4.34. The van der Waals surface area contributed by atoms with Crippen LogP contribution in [0.15, 0.2) is 48.7 Å². The van der Waals surface area contributed by atoms with E-state index in [4.69, 9.17) is 5.73 Å². The molecular weight excluding hydrogens is 256 g/mol. The van der Waals surface area contributed by atoms with Gasteiger partial charge in [0.2, 0.25) is 0 Å². The third-order valence-corrected chi connectivity index (χ3v) is 3.82. The van der Waals surface area contributed by atoms with Gasteiger partial charge in [-0.3, -0.25) is 4.98 Å². The molecule has 2 rings (SSSR count). The minimum atomic E-state index is 0.187. The Kier molecular flexibility index (Phi) is 5.13. The molecule has 1 aromatic heterocycles. The van der Waals surface area contributed by atoms with Crippen molar-refractivity contribution in [3.05, 3.63) is 65.5 Å². The molecule has 0 aliphatic heterocycles. The summed E-state index contributed by atoms with van der Waals surface area (Å²) >= 11 is 0. The second-order valence-corrected chi connectivity index (χ2v) is 6.77. The Morgan fingerprint density at radius 1 is 1.05 bits per heavy atom. The zero-order valence-electron chi connectivity index (χ0n) is 13.3. The molecule has 2 N–H and O–H groups in total. The van der Waals surface area contributed by atoms with E-state index in [1.165, 1.54) is 11.1 Å². The van der Waals surface area contributed by atoms with Gasteiger partial charge in [-0.2, -0.15) is 0 Å². The van der Waals surface area contributed by atoms with Gasteiger partial charge < -0.3 is 5.73 Å². The van der Waals surface area contributed by atoms with Gasteiger partial charge in [-0.15, -0.1) is 0 Å². The zero-order valence-corrected chi connectivity index (χ0v) is 13.3. The van der Waals surface area contributed by atoms with Crippen molar-refractivity contribution in [2.75, 3.05) is 0 Å². The molecule has 0 saturated carbocycles. The normalized spacial score (nSPS) is 13.1. The molecule has 0 fully saturated rings. The Morgan fingerprint density at radius 3 is 2.33 bits per heavy atom. The molecule has 0 amide bonds. The highest BCUT2D eigenvalue weighted by atomic mass is 14.7. The van der Waals surface area contributed by atoms with Crippen LogP contribution in [0.1, 0.15) is 44.0 Å². The maximum absolute atomic E-state index is 6.25. The van der Waals surface area contributed by atoms with Crippen LogP contribution < -0.4 is 5.73 Å². The quantitative estimate of drug-likeness (QED) is 0.904. The van der Waals surface area contributed by atoms with Gasteiger partial charge in [-0.05, 0) is 47.9 Å². The molecule has 2 nitrogen and oxygen atoms in total. The fourth-order valence-electron chi connectivity index (χ4n) is 2.42. The summed E-state index contributed by atoms with van der Waals surface area (Å²) in [6.45, 7) is 6.71. The monoisotopic (exact) mass is 282 g/mol. The van der Waals surface area contributed by atoms with E-state index in [2.05, 4.69) is 56.1 Å². The Bertz CT molecular complexity index is 538.